The summed E-state index contributed by atoms with van der Waals surface area (Å²) in [4.78, 5) is 12.0. The highest BCUT2D eigenvalue weighted by Gasteiger charge is 2.15. The van der Waals surface area contributed by atoms with Crippen molar-refractivity contribution < 1.29 is 14.6 Å². The normalized spacial score (nSPS) is 10.2. The Morgan fingerprint density at radius 2 is 2.26 bits per heavy atom. The smallest absolute Gasteiger partial charge is 0.260 e. The standard InChI is InChI=1S/C12H14N4O3/c1-16-11(9(13)6-14-16)15-12(18)8-4-3-7(19-2)5-10(8)17/h3-6,17H,13H2,1-2H3,(H,15,18). The number of aryl methyl sites for hydroxylation is 1. The molecule has 7 nitrogen and oxygen atoms in total. The molecule has 1 aromatic carbocycles. The Hall–Kier alpha value is -2.70. The zero-order chi connectivity index (χ0) is 14.0. The maximum atomic E-state index is 12.0. The van der Waals surface area contributed by atoms with Gasteiger partial charge in [-0.05, 0) is 12.1 Å². The van der Waals surface area contributed by atoms with Crippen LogP contribution in [0.25, 0.3) is 0 Å². The molecule has 1 heterocycles. The molecule has 0 spiro atoms. The third-order valence-corrected chi connectivity index (χ3v) is 2.65. The summed E-state index contributed by atoms with van der Waals surface area (Å²) in [6.45, 7) is 0. The van der Waals surface area contributed by atoms with Gasteiger partial charge in [0.1, 0.15) is 11.5 Å². The number of rotatable bonds is 3. The number of benzene rings is 1. The lowest BCUT2D eigenvalue weighted by Gasteiger charge is -2.09. The van der Waals surface area contributed by atoms with E-state index in [2.05, 4.69) is 10.4 Å². The molecule has 1 amide bonds. The molecule has 0 bridgehead atoms. The minimum atomic E-state index is -0.476. The van der Waals surface area contributed by atoms with Gasteiger partial charge < -0.3 is 20.9 Å². The van der Waals surface area contributed by atoms with Crippen molar-refractivity contribution in [2.24, 2.45) is 7.05 Å². The SMILES string of the molecule is COc1ccc(C(=O)Nc2c(N)cnn2C)c(O)c1. The first-order chi connectivity index (χ1) is 9.02. The van der Waals surface area contributed by atoms with Crippen molar-refractivity contribution >= 4 is 17.4 Å². The van der Waals surface area contributed by atoms with Crippen LogP contribution in [-0.4, -0.2) is 27.9 Å². The second-order valence-electron chi connectivity index (χ2n) is 3.91. The van der Waals surface area contributed by atoms with E-state index in [4.69, 9.17) is 10.5 Å². The van der Waals surface area contributed by atoms with Crippen molar-refractivity contribution in [2.75, 3.05) is 18.2 Å². The highest BCUT2D eigenvalue weighted by atomic mass is 16.5. The number of aromatic hydroxyl groups is 1. The first-order valence-corrected chi connectivity index (χ1v) is 5.48. The van der Waals surface area contributed by atoms with E-state index in [9.17, 15) is 9.90 Å². The molecule has 0 unspecified atom stereocenters. The molecule has 0 saturated heterocycles. The Morgan fingerprint density at radius 1 is 1.53 bits per heavy atom. The number of nitrogens with zero attached hydrogens (tertiary/aromatic N) is 2. The topological polar surface area (TPSA) is 102 Å². The number of hydrogen-bond donors (Lipinski definition) is 3. The number of amides is 1. The average molecular weight is 262 g/mol. The fraction of sp³-hybridized carbons (Fsp3) is 0.167. The molecule has 1 aromatic heterocycles. The van der Waals surface area contributed by atoms with Gasteiger partial charge in [0.25, 0.3) is 5.91 Å². The maximum Gasteiger partial charge on any atom is 0.260 e. The quantitative estimate of drug-likeness (QED) is 0.764. The number of methoxy groups -OCH3 is 1. The van der Waals surface area contributed by atoms with Crippen LogP contribution in [0.3, 0.4) is 0 Å². The largest absolute Gasteiger partial charge is 0.507 e. The lowest BCUT2D eigenvalue weighted by molar-refractivity contribution is 0.102. The van der Waals surface area contributed by atoms with Crippen LogP contribution in [0.1, 0.15) is 10.4 Å². The van der Waals surface area contributed by atoms with Gasteiger partial charge in [-0.3, -0.25) is 9.48 Å². The van der Waals surface area contributed by atoms with Crippen LogP contribution in [0.15, 0.2) is 24.4 Å². The van der Waals surface area contributed by atoms with Gasteiger partial charge in [-0.15, -0.1) is 0 Å². The first kappa shape index (κ1) is 12.7. The highest BCUT2D eigenvalue weighted by Crippen LogP contribution is 2.25. The molecular weight excluding hydrogens is 248 g/mol. The second kappa shape index (κ2) is 4.89. The van der Waals surface area contributed by atoms with Crippen molar-refractivity contribution in [2.45, 2.75) is 0 Å². The van der Waals surface area contributed by atoms with Gasteiger partial charge >= 0.3 is 0 Å². The summed E-state index contributed by atoms with van der Waals surface area (Å²) >= 11 is 0. The number of phenols is 1. The lowest BCUT2D eigenvalue weighted by Crippen LogP contribution is -2.15. The number of carbonyl (C=O) groups excluding carboxylic acids is 1. The second-order valence-corrected chi connectivity index (χ2v) is 3.91. The number of anilines is 2. The van der Waals surface area contributed by atoms with E-state index in [1.807, 2.05) is 0 Å². The summed E-state index contributed by atoms with van der Waals surface area (Å²) in [7, 11) is 3.13. The molecule has 100 valence electrons. The Balaban J connectivity index is 2.26. The molecule has 7 heteroatoms. The summed E-state index contributed by atoms with van der Waals surface area (Å²) in [6, 6.07) is 4.42. The molecule has 19 heavy (non-hydrogen) atoms. The van der Waals surface area contributed by atoms with E-state index in [-0.39, 0.29) is 11.3 Å². The molecule has 0 saturated carbocycles. The Labute approximate surface area is 109 Å². The van der Waals surface area contributed by atoms with Crippen LogP contribution in [0.5, 0.6) is 11.5 Å². The molecule has 0 radical (unpaired) electrons. The van der Waals surface area contributed by atoms with Crippen LogP contribution < -0.4 is 15.8 Å². The fourth-order valence-corrected chi connectivity index (χ4v) is 1.61. The van der Waals surface area contributed by atoms with Crippen LogP contribution in [0.4, 0.5) is 11.5 Å². The number of carbonyl (C=O) groups is 1. The van der Waals surface area contributed by atoms with Crippen LogP contribution in [0, 0.1) is 0 Å². The number of nitrogens with two attached hydrogens (primary N) is 1. The monoisotopic (exact) mass is 262 g/mol. The van der Waals surface area contributed by atoms with E-state index in [0.717, 1.165) is 0 Å². The summed E-state index contributed by atoms with van der Waals surface area (Å²) < 4.78 is 6.39. The van der Waals surface area contributed by atoms with Crippen molar-refractivity contribution in [1.82, 2.24) is 9.78 Å². The summed E-state index contributed by atoms with van der Waals surface area (Å²) in [5.74, 6) is 0.197. The van der Waals surface area contributed by atoms with Gasteiger partial charge in [0, 0.05) is 13.1 Å². The molecule has 0 aliphatic heterocycles. The van der Waals surface area contributed by atoms with Gasteiger partial charge in [-0.2, -0.15) is 5.10 Å². The molecule has 2 aromatic rings. The van der Waals surface area contributed by atoms with Crippen molar-refractivity contribution in [3.8, 4) is 11.5 Å². The minimum absolute atomic E-state index is 0.126. The van der Waals surface area contributed by atoms with Crippen molar-refractivity contribution in [3.63, 3.8) is 0 Å². The lowest BCUT2D eigenvalue weighted by atomic mass is 10.2. The van der Waals surface area contributed by atoms with Crippen LogP contribution in [0.2, 0.25) is 0 Å². The van der Waals surface area contributed by atoms with Gasteiger partial charge in [0.2, 0.25) is 0 Å². The Kier molecular flexibility index (Phi) is 3.28. The van der Waals surface area contributed by atoms with Gasteiger partial charge in [0.05, 0.1) is 24.6 Å². The number of ether oxygens (including phenoxy) is 1. The minimum Gasteiger partial charge on any atom is -0.507 e. The number of nitrogen functional groups attached to an aromatic ring is 1. The third kappa shape index (κ3) is 2.44. The molecule has 0 fully saturated rings. The summed E-state index contributed by atoms with van der Waals surface area (Å²) in [6.07, 6.45) is 1.43. The van der Waals surface area contributed by atoms with Crippen LogP contribution in [-0.2, 0) is 7.05 Å². The van der Waals surface area contributed by atoms with Gasteiger partial charge in [-0.1, -0.05) is 0 Å². The van der Waals surface area contributed by atoms with E-state index in [1.54, 1.807) is 13.1 Å². The first-order valence-electron chi connectivity index (χ1n) is 5.48. The zero-order valence-corrected chi connectivity index (χ0v) is 10.5. The van der Waals surface area contributed by atoms with Crippen LogP contribution >= 0.6 is 0 Å². The summed E-state index contributed by atoms with van der Waals surface area (Å²) in [5, 5.41) is 16.3. The average Bonchev–Trinajstić information content (AvgIpc) is 2.70. The van der Waals surface area contributed by atoms with E-state index in [0.29, 0.717) is 17.3 Å². The third-order valence-electron chi connectivity index (χ3n) is 2.65. The molecular formula is C12H14N4O3. The fourth-order valence-electron chi connectivity index (χ4n) is 1.61. The Bertz CT molecular complexity index is 602. The predicted octanol–water partition coefficient (Wildman–Crippen LogP) is 0.969. The number of hydrogen-bond acceptors (Lipinski definition) is 5. The van der Waals surface area contributed by atoms with E-state index < -0.39 is 5.91 Å². The molecule has 0 aliphatic carbocycles. The van der Waals surface area contributed by atoms with Gasteiger partial charge in [0.15, 0.2) is 5.82 Å². The molecule has 2 rings (SSSR count). The van der Waals surface area contributed by atoms with Crippen molar-refractivity contribution in [3.05, 3.63) is 30.0 Å². The highest BCUT2D eigenvalue weighted by molar-refractivity contribution is 6.06. The number of nitrogens with one attached hydrogen (secondary N) is 1. The van der Waals surface area contributed by atoms with E-state index in [1.165, 1.54) is 30.1 Å². The zero-order valence-electron chi connectivity index (χ0n) is 10.5. The van der Waals surface area contributed by atoms with Crippen molar-refractivity contribution in [1.29, 1.82) is 0 Å². The number of phenolic OH excluding ortho intramolecular Hbond substituents is 1. The van der Waals surface area contributed by atoms with Gasteiger partial charge in [-0.25, -0.2) is 0 Å². The maximum absolute atomic E-state index is 12.0. The predicted molar refractivity (Wildman–Crippen MR) is 70.2 cm³/mol. The van der Waals surface area contributed by atoms with E-state index >= 15 is 0 Å². The summed E-state index contributed by atoms with van der Waals surface area (Å²) in [5.41, 5.74) is 6.15. The molecule has 4 N–H and O–H groups in total. The molecule has 0 aliphatic rings. The molecule has 0 atom stereocenters. The number of aromatic nitrogens is 2. The Morgan fingerprint density at radius 3 is 2.79 bits per heavy atom.